The van der Waals surface area contributed by atoms with Crippen LogP contribution in [0, 0.1) is 12.7 Å². The number of pyridine rings is 1. The molecule has 1 N–H and O–H groups in total. The standard InChI is InChI=1S/C26H34FN9S/c1-7-34-10-12-35(13-11-34)18-8-9-20(28-14-18)30-25-29-15-19(27)22(31-25)23-17(4)21-24(37-23)36(16(2)3)26(32-21)33(5)6/h8-9,14-16H,7,10-13H2,1-6H3,(H,28,29,30,31). The quantitative estimate of drug-likeness (QED) is 0.365. The van der Waals surface area contributed by atoms with Gasteiger partial charge in [-0.05, 0) is 45.0 Å². The summed E-state index contributed by atoms with van der Waals surface area (Å²) >= 11 is 1.51. The smallest absolute Gasteiger partial charge is 0.229 e. The molecule has 0 amide bonds. The van der Waals surface area contributed by atoms with E-state index in [4.69, 9.17) is 4.98 Å². The van der Waals surface area contributed by atoms with E-state index in [9.17, 15) is 4.39 Å². The molecule has 0 atom stereocenters. The fourth-order valence-electron chi connectivity index (χ4n) is 4.71. The van der Waals surface area contributed by atoms with E-state index in [-0.39, 0.29) is 11.7 Å². The van der Waals surface area contributed by atoms with Crippen molar-refractivity contribution in [2.45, 2.75) is 33.7 Å². The summed E-state index contributed by atoms with van der Waals surface area (Å²) in [5.74, 6) is 1.35. The van der Waals surface area contributed by atoms with Gasteiger partial charge in [-0.15, -0.1) is 11.3 Å². The third kappa shape index (κ3) is 4.85. The van der Waals surface area contributed by atoms with Crippen LogP contribution in [0.3, 0.4) is 0 Å². The van der Waals surface area contributed by atoms with E-state index in [0.29, 0.717) is 11.8 Å². The highest BCUT2D eigenvalue weighted by molar-refractivity contribution is 7.22. The van der Waals surface area contributed by atoms with E-state index < -0.39 is 5.82 Å². The second-order valence-corrected chi connectivity index (χ2v) is 10.8. The fourth-order valence-corrected chi connectivity index (χ4v) is 6.08. The second-order valence-electron chi connectivity index (χ2n) is 9.82. The fraction of sp³-hybridized carbons (Fsp3) is 0.462. The molecule has 4 aromatic heterocycles. The van der Waals surface area contributed by atoms with Gasteiger partial charge in [0.25, 0.3) is 0 Å². The number of halogens is 1. The van der Waals surface area contributed by atoms with Gasteiger partial charge < -0.3 is 20.0 Å². The highest BCUT2D eigenvalue weighted by atomic mass is 32.1. The monoisotopic (exact) mass is 523 g/mol. The Morgan fingerprint density at radius 2 is 1.84 bits per heavy atom. The molecule has 0 bridgehead atoms. The van der Waals surface area contributed by atoms with Gasteiger partial charge in [0.15, 0.2) is 5.82 Å². The van der Waals surface area contributed by atoms with Crippen LogP contribution in [0.4, 0.5) is 27.8 Å². The van der Waals surface area contributed by atoms with E-state index in [2.05, 4.69) is 61.5 Å². The number of anilines is 4. The summed E-state index contributed by atoms with van der Waals surface area (Å²) in [6.45, 7) is 13.6. The third-order valence-corrected chi connectivity index (χ3v) is 8.08. The zero-order chi connectivity index (χ0) is 26.3. The molecule has 0 radical (unpaired) electrons. The van der Waals surface area contributed by atoms with Crippen molar-refractivity contribution < 1.29 is 4.39 Å². The summed E-state index contributed by atoms with van der Waals surface area (Å²) in [7, 11) is 3.96. The number of thiophene rings is 1. The van der Waals surface area contributed by atoms with Gasteiger partial charge >= 0.3 is 0 Å². The maximum absolute atomic E-state index is 15.0. The molecular weight excluding hydrogens is 489 g/mol. The zero-order valence-electron chi connectivity index (χ0n) is 22.3. The topological polar surface area (TPSA) is 78.2 Å². The van der Waals surface area contributed by atoms with Crippen LogP contribution in [0.5, 0.6) is 0 Å². The molecule has 1 aliphatic heterocycles. The van der Waals surface area contributed by atoms with Crippen molar-refractivity contribution in [3.8, 4) is 10.6 Å². The first-order valence-electron chi connectivity index (χ1n) is 12.7. The van der Waals surface area contributed by atoms with Gasteiger partial charge in [0, 0.05) is 46.3 Å². The van der Waals surface area contributed by atoms with E-state index in [0.717, 1.165) is 65.1 Å². The number of aryl methyl sites for hydroxylation is 1. The van der Waals surface area contributed by atoms with E-state index in [1.165, 1.54) is 17.5 Å². The molecule has 1 aliphatic rings. The molecule has 0 aromatic carbocycles. The molecule has 1 fully saturated rings. The predicted octanol–water partition coefficient (Wildman–Crippen LogP) is 4.93. The van der Waals surface area contributed by atoms with Gasteiger partial charge in [-0.1, -0.05) is 6.92 Å². The largest absolute Gasteiger partial charge is 0.368 e. The summed E-state index contributed by atoms with van der Waals surface area (Å²) in [6.07, 6.45) is 3.08. The summed E-state index contributed by atoms with van der Waals surface area (Å²) in [5, 5.41) is 3.14. The maximum atomic E-state index is 15.0. The molecule has 9 nitrogen and oxygen atoms in total. The molecule has 0 saturated carbocycles. The molecule has 37 heavy (non-hydrogen) atoms. The van der Waals surface area contributed by atoms with Crippen LogP contribution in [0.1, 0.15) is 32.4 Å². The number of hydrogen-bond donors (Lipinski definition) is 1. The van der Waals surface area contributed by atoms with Crippen LogP contribution in [-0.4, -0.2) is 76.2 Å². The number of rotatable bonds is 7. The van der Waals surface area contributed by atoms with Crippen LogP contribution in [0.2, 0.25) is 0 Å². The lowest BCUT2D eigenvalue weighted by atomic mass is 10.2. The summed E-state index contributed by atoms with van der Waals surface area (Å²) in [4.78, 5) is 26.7. The zero-order valence-corrected chi connectivity index (χ0v) is 23.1. The Morgan fingerprint density at radius 1 is 1.08 bits per heavy atom. The summed E-state index contributed by atoms with van der Waals surface area (Å²) < 4.78 is 17.2. The van der Waals surface area contributed by atoms with Crippen LogP contribution < -0.4 is 15.1 Å². The number of hydrogen-bond acceptors (Lipinski definition) is 9. The number of fused-ring (bicyclic) bond motifs is 1. The molecule has 196 valence electrons. The first-order chi connectivity index (χ1) is 17.8. The van der Waals surface area contributed by atoms with Gasteiger partial charge in [-0.3, -0.25) is 4.57 Å². The number of piperazine rings is 1. The van der Waals surface area contributed by atoms with Crippen molar-refractivity contribution in [3.05, 3.63) is 35.9 Å². The van der Waals surface area contributed by atoms with Crippen molar-refractivity contribution in [1.82, 2.24) is 29.4 Å². The Morgan fingerprint density at radius 3 is 2.46 bits per heavy atom. The predicted molar refractivity (Wildman–Crippen MR) is 150 cm³/mol. The van der Waals surface area contributed by atoms with Crippen molar-refractivity contribution >= 4 is 45.1 Å². The highest BCUT2D eigenvalue weighted by Crippen LogP contribution is 2.41. The minimum absolute atomic E-state index is 0.213. The van der Waals surface area contributed by atoms with E-state index >= 15 is 0 Å². The summed E-state index contributed by atoms with van der Waals surface area (Å²) in [6, 6.07) is 4.18. The minimum Gasteiger partial charge on any atom is -0.368 e. The molecule has 4 aromatic rings. The minimum atomic E-state index is -0.462. The Hall–Kier alpha value is -3.31. The third-order valence-electron chi connectivity index (χ3n) is 6.79. The molecule has 0 aliphatic carbocycles. The average molecular weight is 524 g/mol. The second kappa shape index (κ2) is 10.2. The van der Waals surface area contributed by atoms with Gasteiger partial charge in [-0.2, -0.15) is 0 Å². The Balaban J connectivity index is 1.40. The SMILES string of the molecule is CCN1CCN(c2ccc(Nc3ncc(F)c(-c4sc5c(nc(N(C)C)n5C(C)C)c4C)n3)nc2)CC1. The number of imidazole rings is 1. The Labute approximate surface area is 221 Å². The normalized spacial score (nSPS) is 14.6. The Kier molecular flexibility index (Phi) is 7.00. The lowest BCUT2D eigenvalue weighted by Gasteiger charge is -2.35. The molecule has 5 heterocycles. The first kappa shape index (κ1) is 25.3. The van der Waals surface area contributed by atoms with Crippen LogP contribution >= 0.6 is 11.3 Å². The number of aromatic nitrogens is 5. The lowest BCUT2D eigenvalue weighted by Crippen LogP contribution is -2.46. The van der Waals surface area contributed by atoms with Crippen molar-refractivity contribution in [1.29, 1.82) is 0 Å². The molecule has 11 heteroatoms. The van der Waals surface area contributed by atoms with E-state index in [1.54, 1.807) is 0 Å². The Bertz CT molecular complexity index is 1390. The summed E-state index contributed by atoms with van der Waals surface area (Å²) in [5.41, 5.74) is 3.15. The van der Waals surface area contributed by atoms with Gasteiger partial charge in [0.2, 0.25) is 11.9 Å². The van der Waals surface area contributed by atoms with Crippen LogP contribution in [-0.2, 0) is 0 Å². The molecule has 0 unspecified atom stereocenters. The van der Waals surface area contributed by atoms with Crippen molar-refractivity contribution in [2.75, 3.05) is 61.9 Å². The van der Waals surface area contributed by atoms with Crippen molar-refractivity contribution in [3.63, 3.8) is 0 Å². The molecule has 1 saturated heterocycles. The number of likely N-dealkylation sites (N-methyl/N-ethyl adjacent to an activating group) is 1. The maximum Gasteiger partial charge on any atom is 0.229 e. The van der Waals surface area contributed by atoms with Crippen LogP contribution in [0.15, 0.2) is 24.5 Å². The van der Waals surface area contributed by atoms with Gasteiger partial charge in [-0.25, -0.2) is 24.3 Å². The average Bonchev–Trinajstić information content (AvgIpc) is 3.42. The van der Waals surface area contributed by atoms with E-state index in [1.807, 2.05) is 38.2 Å². The van der Waals surface area contributed by atoms with Crippen molar-refractivity contribution in [2.24, 2.45) is 0 Å². The van der Waals surface area contributed by atoms with Crippen LogP contribution in [0.25, 0.3) is 20.9 Å². The molecular formula is C26H34FN9S. The molecule has 0 spiro atoms. The van der Waals surface area contributed by atoms with Gasteiger partial charge in [0.1, 0.15) is 21.9 Å². The first-order valence-corrected chi connectivity index (χ1v) is 13.5. The lowest BCUT2D eigenvalue weighted by molar-refractivity contribution is 0.271. The molecule has 5 rings (SSSR count). The number of nitrogens with one attached hydrogen (secondary N) is 1. The highest BCUT2D eigenvalue weighted by Gasteiger charge is 2.24. The number of nitrogens with zero attached hydrogens (tertiary/aromatic N) is 8. The van der Waals surface area contributed by atoms with Gasteiger partial charge in [0.05, 0.1) is 23.0 Å².